The van der Waals surface area contributed by atoms with Crippen LogP contribution in [-0.4, -0.2) is 64.7 Å². The minimum atomic E-state index is -0.516. The molecule has 2 heterocycles. The van der Waals surface area contributed by atoms with Crippen molar-refractivity contribution in [2.45, 2.75) is 26.2 Å². The fraction of sp³-hybridized carbons (Fsp3) is 0.333. The summed E-state index contributed by atoms with van der Waals surface area (Å²) < 4.78 is 20.8. The second-order valence-electron chi connectivity index (χ2n) is 8.74. The van der Waals surface area contributed by atoms with Crippen LogP contribution in [0.1, 0.15) is 34.6 Å². The Hall–Kier alpha value is -4.01. The van der Waals surface area contributed by atoms with E-state index in [1.165, 1.54) is 22.9 Å². The van der Waals surface area contributed by atoms with Crippen LogP contribution < -0.4 is 10.2 Å². The normalized spacial score (nSPS) is 13.9. The molecule has 8 nitrogen and oxygen atoms in total. The molecule has 3 aromatic rings. The average Bonchev–Trinajstić information content (AvgIpc) is 3.14. The zero-order valence-corrected chi connectivity index (χ0v) is 20.4. The number of aryl methyl sites for hydroxylation is 2. The molecule has 0 N–H and O–H groups in total. The number of methoxy groups -OCH3 is 1. The number of hydrogen-bond acceptors (Lipinski definition) is 5. The Morgan fingerprint density at radius 3 is 2.42 bits per heavy atom. The van der Waals surface area contributed by atoms with Crippen molar-refractivity contribution < 1.29 is 18.7 Å². The van der Waals surface area contributed by atoms with Gasteiger partial charge >= 0.3 is 0 Å². The standard InChI is InChI=1S/C27H29FN4O4/c1-19-18-24(33)26(29-32(19)23-7-4-3-6-22(23)28)27(35)31-15-5-14-30(16-17-31)25(34)13-10-20-8-11-21(36-2)12-9-20/h3-4,6-9,11-12,18H,5,10,13-17H2,1-2H3. The topological polar surface area (TPSA) is 84.7 Å². The lowest BCUT2D eigenvalue weighted by molar-refractivity contribution is -0.131. The fourth-order valence-corrected chi connectivity index (χ4v) is 4.28. The van der Waals surface area contributed by atoms with Crippen LogP contribution >= 0.6 is 0 Å². The second-order valence-corrected chi connectivity index (χ2v) is 8.74. The van der Waals surface area contributed by atoms with E-state index in [4.69, 9.17) is 4.74 Å². The van der Waals surface area contributed by atoms with Crippen LogP contribution in [0.3, 0.4) is 0 Å². The molecule has 0 atom stereocenters. The first-order chi connectivity index (χ1) is 17.4. The molecule has 0 spiro atoms. The van der Waals surface area contributed by atoms with Crippen molar-refractivity contribution in [1.82, 2.24) is 19.6 Å². The first kappa shape index (κ1) is 25.1. The zero-order chi connectivity index (χ0) is 25.7. The lowest BCUT2D eigenvalue weighted by Gasteiger charge is -2.22. The highest BCUT2D eigenvalue weighted by Crippen LogP contribution is 2.16. The quantitative estimate of drug-likeness (QED) is 0.528. The first-order valence-corrected chi connectivity index (χ1v) is 11.9. The third-order valence-corrected chi connectivity index (χ3v) is 6.31. The number of carbonyl (C=O) groups is 2. The molecular weight excluding hydrogens is 463 g/mol. The highest BCUT2D eigenvalue weighted by molar-refractivity contribution is 5.92. The number of hydrogen-bond donors (Lipinski definition) is 0. The monoisotopic (exact) mass is 492 g/mol. The van der Waals surface area contributed by atoms with E-state index in [9.17, 15) is 18.8 Å². The van der Waals surface area contributed by atoms with Gasteiger partial charge in [-0.2, -0.15) is 5.10 Å². The molecule has 2 aromatic carbocycles. The summed E-state index contributed by atoms with van der Waals surface area (Å²) >= 11 is 0. The molecule has 0 saturated carbocycles. The lowest BCUT2D eigenvalue weighted by atomic mass is 10.1. The van der Waals surface area contributed by atoms with Crippen LogP contribution in [0.4, 0.5) is 4.39 Å². The summed E-state index contributed by atoms with van der Waals surface area (Å²) in [5.41, 5.74) is 0.858. The summed E-state index contributed by atoms with van der Waals surface area (Å²) in [7, 11) is 1.61. The van der Waals surface area contributed by atoms with Crippen molar-refractivity contribution >= 4 is 11.8 Å². The number of ether oxygens (including phenoxy) is 1. The van der Waals surface area contributed by atoms with E-state index < -0.39 is 17.2 Å². The van der Waals surface area contributed by atoms with Crippen molar-refractivity contribution in [1.29, 1.82) is 0 Å². The summed E-state index contributed by atoms with van der Waals surface area (Å²) in [6.07, 6.45) is 1.57. The minimum absolute atomic E-state index is 0.0236. The molecule has 0 unspecified atom stereocenters. The third-order valence-electron chi connectivity index (χ3n) is 6.31. The van der Waals surface area contributed by atoms with Gasteiger partial charge in [-0.05, 0) is 49.6 Å². The van der Waals surface area contributed by atoms with E-state index in [1.807, 2.05) is 24.3 Å². The molecule has 0 bridgehead atoms. The van der Waals surface area contributed by atoms with Gasteiger partial charge in [0.25, 0.3) is 5.91 Å². The number of para-hydroxylation sites is 1. The Morgan fingerprint density at radius 1 is 1.00 bits per heavy atom. The van der Waals surface area contributed by atoms with Gasteiger partial charge in [0.1, 0.15) is 17.3 Å². The molecule has 1 aromatic heterocycles. The van der Waals surface area contributed by atoms with E-state index in [1.54, 1.807) is 36.0 Å². The number of aromatic nitrogens is 2. The van der Waals surface area contributed by atoms with Crippen molar-refractivity contribution in [2.24, 2.45) is 0 Å². The Labute approximate surface area is 208 Å². The van der Waals surface area contributed by atoms with Crippen LogP contribution in [0.5, 0.6) is 5.75 Å². The van der Waals surface area contributed by atoms with Crippen LogP contribution in [0, 0.1) is 12.7 Å². The van der Waals surface area contributed by atoms with E-state index in [2.05, 4.69) is 5.10 Å². The van der Waals surface area contributed by atoms with Gasteiger partial charge in [0.15, 0.2) is 5.69 Å². The maximum absolute atomic E-state index is 14.3. The van der Waals surface area contributed by atoms with E-state index in [0.29, 0.717) is 51.1 Å². The number of carbonyl (C=O) groups excluding carboxylic acids is 2. The summed E-state index contributed by atoms with van der Waals surface area (Å²) in [6.45, 7) is 3.24. The molecule has 0 aliphatic carbocycles. The van der Waals surface area contributed by atoms with Gasteiger partial charge in [0.2, 0.25) is 11.3 Å². The van der Waals surface area contributed by atoms with Crippen LogP contribution in [0.25, 0.3) is 5.69 Å². The van der Waals surface area contributed by atoms with E-state index in [0.717, 1.165) is 11.3 Å². The smallest absolute Gasteiger partial charge is 0.278 e. The molecule has 1 fully saturated rings. The largest absolute Gasteiger partial charge is 0.497 e. The van der Waals surface area contributed by atoms with Crippen molar-refractivity contribution in [3.8, 4) is 11.4 Å². The predicted molar refractivity (Wildman–Crippen MR) is 133 cm³/mol. The molecule has 188 valence electrons. The highest BCUT2D eigenvalue weighted by Gasteiger charge is 2.26. The first-order valence-electron chi connectivity index (χ1n) is 11.9. The molecule has 1 aliphatic heterocycles. The van der Waals surface area contributed by atoms with Crippen molar-refractivity contribution in [2.75, 3.05) is 33.3 Å². The number of halogens is 1. The average molecular weight is 493 g/mol. The zero-order valence-electron chi connectivity index (χ0n) is 20.4. The molecule has 1 saturated heterocycles. The third kappa shape index (κ3) is 5.62. The summed E-state index contributed by atoms with van der Waals surface area (Å²) in [5.74, 6) is -0.229. The maximum atomic E-state index is 14.3. The van der Waals surface area contributed by atoms with Gasteiger partial charge in [-0.3, -0.25) is 14.4 Å². The van der Waals surface area contributed by atoms with Crippen LogP contribution in [0.15, 0.2) is 59.4 Å². The predicted octanol–water partition coefficient (Wildman–Crippen LogP) is 3.00. The second kappa shape index (κ2) is 11.2. The molecule has 2 amide bonds. The van der Waals surface area contributed by atoms with Crippen LogP contribution in [-0.2, 0) is 11.2 Å². The van der Waals surface area contributed by atoms with Crippen LogP contribution in [0.2, 0.25) is 0 Å². The van der Waals surface area contributed by atoms with Crippen molar-refractivity contribution in [3.05, 3.63) is 87.6 Å². The van der Waals surface area contributed by atoms with E-state index in [-0.39, 0.29) is 17.3 Å². The highest BCUT2D eigenvalue weighted by atomic mass is 19.1. The Morgan fingerprint density at radius 2 is 1.69 bits per heavy atom. The SMILES string of the molecule is COc1ccc(CCC(=O)N2CCCN(C(=O)c3nn(-c4ccccc4F)c(C)cc3=O)CC2)cc1. The van der Waals surface area contributed by atoms with E-state index >= 15 is 0 Å². The van der Waals surface area contributed by atoms with Gasteiger partial charge in [0.05, 0.1) is 7.11 Å². The molecule has 36 heavy (non-hydrogen) atoms. The molecule has 0 radical (unpaired) electrons. The molecule has 4 rings (SSSR count). The van der Waals surface area contributed by atoms with Gasteiger partial charge in [-0.15, -0.1) is 0 Å². The Bertz CT molecular complexity index is 1310. The summed E-state index contributed by atoms with van der Waals surface area (Å²) in [5, 5.41) is 4.22. The summed E-state index contributed by atoms with van der Waals surface area (Å²) in [6, 6.07) is 15.0. The Balaban J connectivity index is 1.42. The van der Waals surface area contributed by atoms with Gasteiger partial charge in [0, 0.05) is 44.4 Å². The fourth-order valence-electron chi connectivity index (χ4n) is 4.28. The molecular formula is C27H29FN4O4. The lowest BCUT2D eigenvalue weighted by Crippen LogP contribution is -2.40. The molecule has 1 aliphatic rings. The maximum Gasteiger partial charge on any atom is 0.278 e. The van der Waals surface area contributed by atoms with Gasteiger partial charge in [-0.25, -0.2) is 9.07 Å². The van der Waals surface area contributed by atoms with Gasteiger partial charge < -0.3 is 14.5 Å². The van der Waals surface area contributed by atoms with Crippen molar-refractivity contribution in [3.63, 3.8) is 0 Å². The minimum Gasteiger partial charge on any atom is -0.497 e. The number of benzene rings is 2. The number of amides is 2. The Kier molecular flexibility index (Phi) is 7.77. The summed E-state index contributed by atoms with van der Waals surface area (Å²) in [4.78, 5) is 42.0. The van der Waals surface area contributed by atoms with Gasteiger partial charge in [-0.1, -0.05) is 24.3 Å². The molecule has 9 heteroatoms. The number of nitrogens with zero attached hydrogens (tertiary/aromatic N) is 4. The number of rotatable bonds is 6.